The van der Waals surface area contributed by atoms with Gasteiger partial charge in [0.1, 0.15) is 9.84 Å². The van der Waals surface area contributed by atoms with Gasteiger partial charge in [-0.1, -0.05) is 33.1 Å². The highest BCUT2D eigenvalue weighted by molar-refractivity contribution is 7.91. The molecule has 0 aromatic carbocycles. The summed E-state index contributed by atoms with van der Waals surface area (Å²) in [6, 6.07) is 0.407. The van der Waals surface area contributed by atoms with Crippen LogP contribution < -0.4 is 5.32 Å². The molecule has 0 aliphatic heterocycles. The van der Waals surface area contributed by atoms with Gasteiger partial charge in [-0.2, -0.15) is 0 Å². The van der Waals surface area contributed by atoms with Gasteiger partial charge in [-0.25, -0.2) is 8.42 Å². The van der Waals surface area contributed by atoms with Gasteiger partial charge in [0, 0.05) is 12.3 Å². The molecule has 0 aromatic heterocycles. The van der Waals surface area contributed by atoms with Gasteiger partial charge in [0.05, 0.1) is 5.25 Å². The van der Waals surface area contributed by atoms with Crippen LogP contribution in [0.4, 0.5) is 0 Å². The van der Waals surface area contributed by atoms with E-state index in [0.29, 0.717) is 6.04 Å². The number of hydrogen-bond donors (Lipinski definition) is 1. The van der Waals surface area contributed by atoms with E-state index in [1.807, 2.05) is 0 Å². The van der Waals surface area contributed by atoms with Crippen LogP contribution in [-0.4, -0.2) is 32.5 Å². The van der Waals surface area contributed by atoms with Crippen molar-refractivity contribution in [3.05, 3.63) is 0 Å². The zero-order valence-electron chi connectivity index (χ0n) is 11.4. The summed E-state index contributed by atoms with van der Waals surface area (Å²) in [6.07, 6.45) is 7.60. The summed E-state index contributed by atoms with van der Waals surface area (Å²) >= 11 is 0. The fourth-order valence-electron chi connectivity index (χ4n) is 2.63. The van der Waals surface area contributed by atoms with Crippen LogP contribution in [0.3, 0.4) is 0 Å². The van der Waals surface area contributed by atoms with Crippen LogP contribution in [0.5, 0.6) is 0 Å². The highest BCUT2D eigenvalue weighted by Crippen LogP contribution is 2.24. The van der Waals surface area contributed by atoms with Crippen molar-refractivity contribution in [3.8, 4) is 0 Å². The summed E-state index contributed by atoms with van der Waals surface area (Å²) in [5.74, 6) is 0.730. The molecular weight excluding hydrogens is 234 g/mol. The Hall–Kier alpha value is -0.0900. The van der Waals surface area contributed by atoms with Crippen molar-refractivity contribution in [2.75, 3.05) is 12.8 Å². The lowest BCUT2D eigenvalue weighted by Gasteiger charge is -2.30. The summed E-state index contributed by atoms with van der Waals surface area (Å²) in [7, 11) is -2.85. The minimum atomic E-state index is -2.85. The lowest BCUT2D eigenvalue weighted by molar-refractivity contribution is 0.339. The van der Waals surface area contributed by atoms with Crippen molar-refractivity contribution in [3.63, 3.8) is 0 Å². The van der Waals surface area contributed by atoms with Crippen LogP contribution in [0.2, 0.25) is 0 Å². The molecule has 3 nitrogen and oxygen atoms in total. The van der Waals surface area contributed by atoms with Crippen molar-refractivity contribution in [2.45, 2.75) is 63.7 Å². The fourth-order valence-corrected chi connectivity index (χ4v) is 3.81. The highest BCUT2D eigenvalue weighted by Gasteiger charge is 2.28. The van der Waals surface area contributed by atoms with E-state index >= 15 is 0 Å². The highest BCUT2D eigenvalue weighted by atomic mass is 32.2. The molecule has 4 heteroatoms. The molecule has 1 rings (SSSR count). The average Bonchev–Trinajstić information content (AvgIpc) is 2.30. The monoisotopic (exact) mass is 261 g/mol. The first-order valence-corrected chi connectivity index (χ1v) is 8.85. The molecule has 1 fully saturated rings. The molecule has 1 saturated carbocycles. The van der Waals surface area contributed by atoms with E-state index in [9.17, 15) is 8.42 Å². The second-order valence-electron chi connectivity index (χ2n) is 5.41. The number of rotatable bonds is 6. The Kier molecular flexibility index (Phi) is 5.93. The molecule has 17 heavy (non-hydrogen) atoms. The van der Waals surface area contributed by atoms with Gasteiger partial charge in [-0.15, -0.1) is 0 Å². The molecule has 2 atom stereocenters. The Labute approximate surface area is 106 Å². The van der Waals surface area contributed by atoms with Gasteiger partial charge in [0.15, 0.2) is 0 Å². The SMILES string of the molecule is CCC(CC)CN[C@H]1CCC[C@@H](S(C)(=O)=O)C1. The molecule has 0 radical (unpaired) electrons. The lowest BCUT2D eigenvalue weighted by Crippen LogP contribution is -2.40. The quantitative estimate of drug-likeness (QED) is 0.798. The summed E-state index contributed by atoms with van der Waals surface area (Å²) in [6.45, 7) is 5.47. The first kappa shape index (κ1) is 15.0. The minimum absolute atomic E-state index is 0.115. The predicted octanol–water partition coefficient (Wildman–Crippen LogP) is 2.37. The van der Waals surface area contributed by atoms with E-state index in [1.165, 1.54) is 19.1 Å². The standard InChI is InChI=1S/C13H27NO2S/c1-4-11(5-2)10-14-12-7-6-8-13(9-12)17(3,15)16/h11-14H,4-10H2,1-3H3/t12-,13+/m0/s1. The zero-order valence-corrected chi connectivity index (χ0v) is 12.2. The molecule has 0 bridgehead atoms. The van der Waals surface area contributed by atoms with Crippen molar-refractivity contribution < 1.29 is 8.42 Å². The number of nitrogens with one attached hydrogen (secondary N) is 1. The maximum Gasteiger partial charge on any atom is 0.150 e. The summed E-state index contributed by atoms with van der Waals surface area (Å²) < 4.78 is 23.1. The maximum atomic E-state index is 11.6. The molecule has 1 aliphatic rings. The average molecular weight is 261 g/mol. The van der Waals surface area contributed by atoms with E-state index in [0.717, 1.165) is 38.1 Å². The molecule has 0 aromatic rings. The molecule has 0 heterocycles. The summed E-state index contributed by atoms with van der Waals surface area (Å²) in [5, 5.41) is 3.45. The van der Waals surface area contributed by atoms with Crippen molar-refractivity contribution in [1.29, 1.82) is 0 Å². The van der Waals surface area contributed by atoms with Gasteiger partial charge in [-0.05, 0) is 31.7 Å². The molecule has 0 unspecified atom stereocenters. The maximum absolute atomic E-state index is 11.6. The zero-order chi connectivity index (χ0) is 12.9. The third-order valence-electron chi connectivity index (χ3n) is 4.08. The van der Waals surface area contributed by atoms with E-state index in [2.05, 4.69) is 19.2 Å². The van der Waals surface area contributed by atoms with Crippen LogP contribution in [0, 0.1) is 5.92 Å². The van der Waals surface area contributed by atoms with Crippen molar-refractivity contribution in [1.82, 2.24) is 5.32 Å². The smallest absolute Gasteiger partial charge is 0.150 e. The van der Waals surface area contributed by atoms with Gasteiger partial charge < -0.3 is 5.32 Å². The van der Waals surface area contributed by atoms with E-state index in [-0.39, 0.29) is 5.25 Å². The van der Waals surface area contributed by atoms with Crippen LogP contribution >= 0.6 is 0 Å². The van der Waals surface area contributed by atoms with Gasteiger partial charge in [0.2, 0.25) is 0 Å². The van der Waals surface area contributed by atoms with Crippen LogP contribution in [0.25, 0.3) is 0 Å². The Balaban J connectivity index is 2.40. The Morgan fingerprint density at radius 3 is 2.41 bits per heavy atom. The van der Waals surface area contributed by atoms with Gasteiger partial charge in [-0.3, -0.25) is 0 Å². The third kappa shape index (κ3) is 4.96. The molecule has 102 valence electrons. The number of sulfone groups is 1. The molecular formula is C13H27NO2S. The van der Waals surface area contributed by atoms with Crippen molar-refractivity contribution >= 4 is 9.84 Å². The Morgan fingerprint density at radius 2 is 1.88 bits per heavy atom. The Morgan fingerprint density at radius 1 is 1.24 bits per heavy atom. The van der Waals surface area contributed by atoms with Crippen LogP contribution in [-0.2, 0) is 9.84 Å². The second-order valence-corrected chi connectivity index (χ2v) is 7.73. The molecule has 0 amide bonds. The molecule has 0 spiro atoms. The summed E-state index contributed by atoms with van der Waals surface area (Å²) in [4.78, 5) is 0. The van der Waals surface area contributed by atoms with E-state index in [4.69, 9.17) is 0 Å². The van der Waals surface area contributed by atoms with Crippen LogP contribution in [0.15, 0.2) is 0 Å². The predicted molar refractivity (Wildman–Crippen MR) is 73.0 cm³/mol. The lowest BCUT2D eigenvalue weighted by atomic mass is 9.94. The minimum Gasteiger partial charge on any atom is -0.314 e. The van der Waals surface area contributed by atoms with Crippen LogP contribution in [0.1, 0.15) is 52.4 Å². The first-order valence-electron chi connectivity index (χ1n) is 6.89. The van der Waals surface area contributed by atoms with E-state index in [1.54, 1.807) is 0 Å². The van der Waals surface area contributed by atoms with Gasteiger partial charge >= 0.3 is 0 Å². The first-order chi connectivity index (χ1) is 7.97. The molecule has 1 aliphatic carbocycles. The third-order valence-corrected chi connectivity index (χ3v) is 5.72. The molecule has 0 saturated heterocycles. The Bertz CT molecular complexity index is 309. The largest absolute Gasteiger partial charge is 0.314 e. The fraction of sp³-hybridized carbons (Fsp3) is 1.00. The topological polar surface area (TPSA) is 46.2 Å². The summed E-state index contributed by atoms with van der Waals surface area (Å²) in [5.41, 5.74) is 0. The molecule has 1 N–H and O–H groups in total. The second kappa shape index (κ2) is 6.74. The van der Waals surface area contributed by atoms with Gasteiger partial charge in [0.25, 0.3) is 0 Å². The van der Waals surface area contributed by atoms with E-state index < -0.39 is 9.84 Å². The normalized spacial score (nSPS) is 26.4. The van der Waals surface area contributed by atoms with Crippen molar-refractivity contribution in [2.24, 2.45) is 5.92 Å². The number of hydrogen-bond acceptors (Lipinski definition) is 3.